The van der Waals surface area contributed by atoms with Gasteiger partial charge in [-0.1, -0.05) is 49.7 Å². The standard InChI is InChI=1S/C32H41NO6/c1-8-9-17-37-28(34)26-22(20-13-11-10-12-14-20)18-23-21(24(26)19-33)15-16-25(38-29(35)31(2,3)4)27(23)39-30(36)32(5,6)7/h10-16,22H,8-9,17-19,33H2,1-7H3. The van der Waals surface area contributed by atoms with E-state index in [1.165, 1.54) is 0 Å². The van der Waals surface area contributed by atoms with Crippen LogP contribution in [0.15, 0.2) is 48.0 Å². The summed E-state index contributed by atoms with van der Waals surface area (Å²) in [6.07, 6.45) is 1.99. The number of nitrogens with two attached hydrogens (primary N) is 1. The van der Waals surface area contributed by atoms with Crippen molar-refractivity contribution < 1.29 is 28.6 Å². The van der Waals surface area contributed by atoms with E-state index in [1.54, 1.807) is 53.7 Å². The van der Waals surface area contributed by atoms with Gasteiger partial charge in [0.1, 0.15) is 0 Å². The summed E-state index contributed by atoms with van der Waals surface area (Å²) in [5, 5.41) is 0. The highest BCUT2D eigenvalue weighted by Crippen LogP contribution is 2.47. The maximum atomic E-state index is 13.5. The van der Waals surface area contributed by atoms with Crippen LogP contribution in [0.25, 0.3) is 5.57 Å². The molecular weight excluding hydrogens is 494 g/mol. The van der Waals surface area contributed by atoms with E-state index in [0.29, 0.717) is 35.3 Å². The first-order valence-electron chi connectivity index (χ1n) is 13.6. The van der Waals surface area contributed by atoms with Crippen molar-refractivity contribution in [1.82, 2.24) is 0 Å². The molecule has 210 valence electrons. The van der Waals surface area contributed by atoms with Crippen LogP contribution in [0.5, 0.6) is 11.5 Å². The van der Waals surface area contributed by atoms with Gasteiger partial charge in [0.15, 0.2) is 11.5 Å². The number of unbranched alkanes of at least 4 members (excludes halogenated alkanes) is 1. The third kappa shape index (κ3) is 6.95. The first-order chi connectivity index (χ1) is 18.3. The molecule has 39 heavy (non-hydrogen) atoms. The number of ether oxygens (including phenoxy) is 3. The lowest BCUT2D eigenvalue weighted by molar-refractivity contribution is -0.145. The average molecular weight is 536 g/mol. The molecule has 2 aromatic rings. The highest BCUT2D eigenvalue weighted by molar-refractivity contribution is 6.02. The second-order valence-electron chi connectivity index (χ2n) is 12.0. The summed E-state index contributed by atoms with van der Waals surface area (Å²) in [6, 6.07) is 13.0. The summed E-state index contributed by atoms with van der Waals surface area (Å²) in [4.78, 5) is 39.4. The molecule has 2 N–H and O–H groups in total. The summed E-state index contributed by atoms with van der Waals surface area (Å²) in [5.41, 5.74) is 8.07. The third-order valence-electron chi connectivity index (χ3n) is 6.61. The van der Waals surface area contributed by atoms with E-state index in [1.807, 2.05) is 37.3 Å². The van der Waals surface area contributed by atoms with Gasteiger partial charge in [-0.15, -0.1) is 0 Å². The number of benzene rings is 2. The number of hydrogen-bond acceptors (Lipinski definition) is 7. The summed E-state index contributed by atoms with van der Waals surface area (Å²) in [5.74, 6) is -1.39. The molecule has 0 bridgehead atoms. The van der Waals surface area contributed by atoms with Crippen molar-refractivity contribution in [2.75, 3.05) is 13.2 Å². The lowest BCUT2D eigenvalue weighted by Gasteiger charge is -2.32. The van der Waals surface area contributed by atoms with Gasteiger partial charge >= 0.3 is 17.9 Å². The van der Waals surface area contributed by atoms with Crippen LogP contribution in [-0.2, 0) is 25.5 Å². The van der Waals surface area contributed by atoms with Crippen molar-refractivity contribution >= 4 is 23.5 Å². The van der Waals surface area contributed by atoms with Crippen molar-refractivity contribution in [2.45, 2.75) is 73.6 Å². The number of hydrogen-bond donors (Lipinski definition) is 1. The van der Waals surface area contributed by atoms with Crippen LogP contribution in [0.1, 0.15) is 83.9 Å². The largest absolute Gasteiger partial charge is 0.462 e. The van der Waals surface area contributed by atoms with E-state index in [2.05, 4.69) is 0 Å². The highest BCUT2D eigenvalue weighted by Gasteiger charge is 2.37. The average Bonchev–Trinajstić information content (AvgIpc) is 2.88. The summed E-state index contributed by atoms with van der Waals surface area (Å²) >= 11 is 0. The molecule has 0 spiro atoms. The van der Waals surface area contributed by atoms with Crippen molar-refractivity contribution in [1.29, 1.82) is 0 Å². The van der Waals surface area contributed by atoms with E-state index in [-0.39, 0.29) is 18.0 Å². The molecule has 7 nitrogen and oxygen atoms in total. The molecule has 0 fully saturated rings. The minimum absolute atomic E-state index is 0.0718. The van der Waals surface area contributed by atoms with Gasteiger partial charge in [0.2, 0.25) is 0 Å². The van der Waals surface area contributed by atoms with Crippen molar-refractivity contribution in [2.24, 2.45) is 16.6 Å². The molecule has 2 aromatic carbocycles. The molecule has 0 heterocycles. The van der Waals surface area contributed by atoms with Gasteiger partial charge in [0.05, 0.1) is 23.0 Å². The van der Waals surface area contributed by atoms with Gasteiger partial charge in [-0.05, 0) is 77.2 Å². The van der Waals surface area contributed by atoms with E-state index in [4.69, 9.17) is 19.9 Å². The van der Waals surface area contributed by atoms with Crippen LogP contribution >= 0.6 is 0 Å². The maximum Gasteiger partial charge on any atom is 0.334 e. The van der Waals surface area contributed by atoms with Crippen molar-refractivity contribution in [3.05, 3.63) is 64.7 Å². The number of rotatable bonds is 8. The fourth-order valence-electron chi connectivity index (χ4n) is 4.29. The first-order valence-corrected chi connectivity index (χ1v) is 13.6. The Hall–Kier alpha value is -3.45. The molecule has 1 atom stereocenters. The zero-order chi connectivity index (χ0) is 29.0. The number of carbonyl (C=O) groups is 3. The van der Waals surface area contributed by atoms with Gasteiger partial charge in [0, 0.05) is 18.0 Å². The fraction of sp³-hybridized carbons (Fsp3) is 0.469. The van der Waals surface area contributed by atoms with E-state index in [0.717, 1.165) is 18.4 Å². The van der Waals surface area contributed by atoms with Gasteiger partial charge in [-0.25, -0.2) is 4.79 Å². The first kappa shape index (κ1) is 30.1. The second kappa shape index (κ2) is 12.2. The fourth-order valence-corrected chi connectivity index (χ4v) is 4.29. The number of fused-ring (bicyclic) bond motifs is 1. The molecule has 3 rings (SSSR count). The molecule has 1 unspecified atom stereocenters. The molecular formula is C32H41NO6. The predicted octanol–water partition coefficient (Wildman–Crippen LogP) is 5.99. The topological polar surface area (TPSA) is 105 Å². The van der Waals surface area contributed by atoms with Gasteiger partial charge in [-0.2, -0.15) is 0 Å². The Balaban J connectivity index is 2.26. The van der Waals surface area contributed by atoms with Crippen molar-refractivity contribution in [3.8, 4) is 11.5 Å². The smallest absolute Gasteiger partial charge is 0.334 e. The van der Waals surface area contributed by atoms with Crippen LogP contribution in [0.4, 0.5) is 0 Å². The van der Waals surface area contributed by atoms with E-state index < -0.39 is 34.7 Å². The summed E-state index contributed by atoms with van der Waals surface area (Å²) in [6.45, 7) is 13.0. The Bertz CT molecular complexity index is 1250. The van der Waals surface area contributed by atoms with Crippen LogP contribution in [-0.4, -0.2) is 31.1 Å². The van der Waals surface area contributed by atoms with Crippen LogP contribution < -0.4 is 15.2 Å². The van der Waals surface area contributed by atoms with Gasteiger partial charge in [0.25, 0.3) is 0 Å². The molecule has 0 radical (unpaired) electrons. The Morgan fingerprint density at radius 1 is 0.897 bits per heavy atom. The Kier molecular flexibility index (Phi) is 9.38. The van der Waals surface area contributed by atoms with E-state index in [9.17, 15) is 14.4 Å². The highest BCUT2D eigenvalue weighted by atomic mass is 16.6. The molecule has 0 amide bonds. The Morgan fingerprint density at radius 2 is 1.51 bits per heavy atom. The van der Waals surface area contributed by atoms with Crippen molar-refractivity contribution in [3.63, 3.8) is 0 Å². The molecule has 1 aliphatic carbocycles. The van der Waals surface area contributed by atoms with Crippen LogP contribution in [0, 0.1) is 10.8 Å². The molecule has 0 saturated heterocycles. The quantitative estimate of drug-likeness (QED) is 0.252. The monoisotopic (exact) mass is 535 g/mol. The molecule has 7 heteroatoms. The zero-order valence-corrected chi connectivity index (χ0v) is 24.2. The Labute approximate surface area is 231 Å². The minimum atomic E-state index is -0.803. The van der Waals surface area contributed by atoms with Gasteiger partial charge < -0.3 is 19.9 Å². The number of esters is 3. The third-order valence-corrected chi connectivity index (χ3v) is 6.61. The predicted molar refractivity (Wildman–Crippen MR) is 151 cm³/mol. The molecule has 0 saturated carbocycles. The lowest BCUT2D eigenvalue weighted by Crippen LogP contribution is -2.30. The second-order valence-corrected chi connectivity index (χ2v) is 12.0. The molecule has 0 aromatic heterocycles. The zero-order valence-electron chi connectivity index (χ0n) is 24.2. The minimum Gasteiger partial charge on any atom is -0.462 e. The molecule has 0 aliphatic heterocycles. The van der Waals surface area contributed by atoms with E-state index >= 15 is 0 Å². The normalized spacial score (nSPS) is 15.4. The SMILES string of the molecule is CCCCOC(=O)C1=C(CN)c2ccc(OC(=O)C(C)(C)C)c(OC(=O)C(C)(C)C)c2CC1c1ccccc1. The summed E-state index contributed by atoms with van der Waals surface area (Å²) < 4.78 is 17.4. The summed E-state index contributed by atoms with van der Waals surface area (Å²) in [7, 11) is 0. The number of carbonyl (C=O) groups excluding carboxylic acids is 3. The van der Waals surface area contributed by atoms with Crippen LogP contribution in [0.2, 0.25) is 0 Å². The van der Waals surface area contributed by atoms with Gasteiger partial charge in [-0.3, -0.25) is 9.59 Å². The maximum absolute atomic E-state index is 13.5. The van der Waals surface area contributed by atoms with Crippen LogP contribution in [0.3, 0.4) is 0 Å². The Morgan fingerprint density at radius 3 is 2.08 bits per heavy atom. The lowest BCUT2D eigenvalue weighted by atomic mass is 9.75. The molecule has 1 aliphatic rings.